The van der Waals surface area contributed by atoms with Crippen LogP contribution in [0.5, 0.6) is 11.5 Å². The first kappa shape index (κ1) is 17.6. The zero-order chi connectivity index (χ0) is 17.0. The number of ether oxygens (including phenoxy) is 2. The van der Waals surface area contributed by atoms with Crippen LogP contribution in [0.4, 0.5) is 0 Å². The van der Waals surface area contributed by atoms with Crippen molar-refractivity contribution >= 4 is 27.8 Å². The summed E-state index contributed by atoms with van der Waals surface area (Å²) >= 11 is 3.41. The van der Waals surface area contributed by atoms with Crippen molar-refractivity contribution in [3.05, 3.63) is 22.2 Å². The van der Waals surface area contributed by atoms with Gasteiger partial charge in [0, 0.05) is 18.7 Å². The number of piperidine rings is 1. The minimum absolute atomic E-state index is 0.129. The SMILES string of the molecule is CCOc1c(Br)cc(C(=O)N2CCC(C(=O)O)CC2)cc1OC. The molecule has 1 aromatic carbocycles. The molecule has 1 saturated heterocycles. The molecule has 1 heterocycles. The normalized spacial score (nSPS) is 15.3. The third kappa shape index (κ3) is 3.96. The summed E-state index contributed by atoms with van der Waals surface area (Å²) in [6, 6.07) is 3.36. The maximum atomic E-state index is 12.6. The van der Waals surface area contributed by atoms with Gasteiger partial charge in [-0.1, -0.05) is 0 Å². The molecule has 6 nitrogen and oxygen atoms in total. The van der Waals surface area contributed by atoms with Crippen LogP contribution < -0.4 is 9.47 Å². The number of carbonyl (C=O) groups is 2. The van der Waals surface area contributed by atoms with E-state index in [-0.39, 0.29) is 11.8 Å². The molecule has 0 aromatic heterocycles. The molecule has 1 amide bonds. The molecule has 2 rings (SSSR count). The number of hydrogen-bond donors (Lipinski definition) is 1. The first-order chi connectivity index (χ1) is 11.0. The van der Waals surface area contributed by atoms with Gasteiger partial charge in [-0.05, 0) is 47.8 Å². The Morgan fingerprint density at radius 3 is 2.52 bits per heavy atom. The van der Waals surface area contributed by atoms with E-state index < -0.39 is 5.97 Å². The number of amides is 1. The summed E-state index contributed by atoms with van der Waals surface area (Å²) in [5.41, 5.74) is 0.492. The lowest BCUT2D eigenvalue weighted by atomic mass is 9.96. The van der Waals surface area contributed by atoms with Crippen LogP contribution in [0.3, 0.4) is 0 Å². The van der Waals surface area contributed by atoms with E-state index in [0.717, 1.165) is 0 Å². The molecule has 0 aliphatic carbocycles. The van der Waals surface area contributed by atoms with Crippen LogP contribution in [0.1, 0.15) is 30.1 Å². The van der Waals surface area contributed by atoms with Gasteiger partial charge < -0.3 is 19.5 Å². The molecule has 1 fully saturated rings. The van der Waals surface area contributed by atoms with Crippen LogP contribution in [0, 0.1) is 5.92 Å². The van der Waals surface area contributed by atoms with E-state index >= 15 is 0 Å². The van der Waals surface area contributed by atoms with Gasteiger partial charge in [0.15, 0.2) is 11.5 Å². The van der Waals surface area contributed by atoms with Crippen molar-refractivity contribution < 1.29 is 24.2 Å². The minimum atomic E-state index is -0.789. The predicted octanol–water partition coefficient (Wildman–Crippen LogP) is 2.79. The second-order valence-corrected chi connectivity index (χ2v) is 6.18. The Labute approximate surface area is 143 Å². The maximum Gasteiger partial charge on any atom is 0.306 e. The monoisotopic (exact) mass is 385 g/mol. The third-order valence-electron chi connectivity index (χ3n) is 3.90. The number of likely N-dealkylation sites (tertiary alicyclic amines) is 1. The summed E-state index contributed by atoms with van der Waals surface area (Å²) in [6.45, 7) is 3.26. The lowest BCUT2D eigenvalue weighted by Gasteiger charge is -2.30. The standard InChI is InChI=1S/C16H20BrNO5/c1-3-23-14-12(17)8-11(9-13(14)22-2)15(19)18-6-4-10(5-7-18)16(20)21/h8-10H,3-7H2,1-2H3,(H,20,21). The van der Waals surface area contributed by atoms with E-state index in [1.54, 1.807) is 17.0 Å². The summed E-state index contributed by atoms with van der Waals surface area (Å²) in [5, 5.41) is 9.03. The van der Waals surface area contributed by atoms with E-state index in [0.29, 0.717) is 54.1 Å². The highest BCUT2D eigenvalue weighted by Crippen LogP contribution is 2.37. The molecule has 1 aliphatic heterocycles. The quantitative estimate of drug-likeness (QED) is 0.842. The van der Waals surface area contributed by atoms with Crippen LogP contribution in [0.15, 0.2) is 16.6 Å². The van der Waals surface area contributed by atoms with Gasteiger partial charge in [0.1, 0.15) is 0 Å². The zero-order valence-corrected chi connectivity index (χ0v) is 14.8. The highest BCUT2D eigenvalue weighted by molar-refractivity contribution is 9.10. The number of carbonyl (C=O) groups excluding carboxylic acids is 1. The molecular formula is C16H20BrNO5. The van der Waals surface area contributed by atoms with Gasteiger partial charge in [-0.3, -0.25) is 9.59 Å². The molecule has 126 valence electrons. The van der Waals surface area contributed by atoms with Crippen molar-refractivity contribution in [2.45, 2.75) is 19.8 Å². The van der Waals surface area contributed by atoms with Gasteiger partial charge in [0.25, 0.3) is 5.91 Å². The van der Waals surface area contributed by atoms with Crippen LogP contribution in [0.25, 0.3) is 0 Å². The number of rotatable bonds is 5. The molecule has 1 aromatic rings. The highest BCUT2D eigenvalue weighted by Gasteiger charge is 2.28. The molecule has 0 bridgehead atoms. The number of hydrogen-bond acceptors (Lipinski definition) is 4. The lowest BCUT2D eigenvalue weighted by Crippen LogP contribution is -2.40. The summed E-state index contributed by atoms with van der Waals surface area (Å²) in [6.07, 6.45) is 0.965. The van der Waals surface area contributed by atoms with Gasteiger partial charge in [-0.2, -0.15) is 0 Å². The largest absolute Gasteiger partial charge is 0.493 e. The first-order valence-corrected chi connectivity index (χ1v) is 8.29. The van der Waals surface area contributed by atoms with Crippen molar-refractivity contribution in [3.63, 3.8) is 0 Å². The Hall–Kier alpha value is -1.76. The fraction of sp³-hybridized carbons (Fsp3) is 0.500. The number of benzene rings is 1. The summed E-state index contributed by atoms with van der Waals surface area (Å²) in [4.78, 5) is 25.3. The average Bonchev–Trinajstić information content (AvgIpc) is 2.56. The number of methoxy groups -OCH3 is 1. The van der Waals surface area contributed by atoms with Gasteiger partial charge in [-0.15, -0.1) is 0 Å². The number of carboxylic acids is 1. The van der Waals surface area contributed by atoms with Gasteiger partial charge in [0.05, 0.1) is 24.1 Å². The predicted molar refractivity (Wildman–Crippen MR) is 88.1 cm³/mol. The van der Waals surface area contributed by atoms with E-state index in [1.165, 1.54) is 7.11 Å². The Balaban J connectivity index is 2.17. The highest BCUT2D eigenvalue weighted by atomic mass is 79.9. The molecule has 7 heteroatoms. The van der Waals surface area contributed by atoms with Crippen molar-refractivity contribution in [2.24, 2.45) is 5.92 Å². The van der Waals surface area contributed by atoms with Crippen LogP contribution in [-0.2, 0) is 4.79 Å². The second kappa shape index (κ2) is 7.68. The van der Waals surface area contributed by atoms with Gasteiger partial charge in [-0.25, -0.2) is 0 Å². The Bertz CT molecular complexity index is 596. The molecule has 0 saturated carbocycles. The lowest BCUT2D eigenvalue weighted by molar-refractivity contribution is -0.143. The van der Waals surface area contributed by atoms with Crippen molar-refractivity contribution in [2.75, 3.05) is 26.8 Å². The molecule has 0 unspecified atom stereocenters. The second-order valence-electron chi connectivity index (χ2n) is 5.33. The maximum absolute atomic E-state index is 12.6. The topological polar surface area (TPSA) is 76.1 Å². The van der Waals surface area contributed by atoms with Gasteiger partial charge >= 0.3 is 5.97 Å². The number of carboxylic acid groups (broad SMARTS) is 1. The summed E-state index contributed by atoms with van der Waals surface area (Å²) in [7, 11) is 1.52. The van der Waals surface area contributed by atoms with E-state index in [9.17, 15) is 9.59 Å². The molecule has 0 atom stereocenters. The molecule has 23 heavy (non-hydrogen) atoms. The van der Waals surface area contributed by atoms with Crippen molar-refractivity contribution in [1.29, 1.82) is 0 Å². The number of halogens is 1. The summed E-state index contributed by atoms with van der Waals surface area (Å²) in [5.74, 6) is -0.222. The van der Waals surface area contributed by atoms with Crippen molar-refractivity contribution in [1.82, 2.24) is 4.90 Å². The third-order valence-corrected chi connectivity index (χ3v) is 4.49. The Morgan fingerprint density at radius 1 is 1.35 bits per heavy atom. The fourth-order valence-electron chi connectivity index (χ4n) is 2.64. The van der Waals surface area contributed by atoms with E-state index in [4.69, 9.17) is 14.6 Å². The number of nitrogens with zero attached hydrogens (tertiary/aromatic N) is 1. The smallest absolute Gasteiger partial charge is 0.306 e. The molecule has 1 N–H and O–H groups in total. The van der Waals surface area contributed by atoms with Gasteiger partial charge in [0.2, 0.25) is 0 Å². The van der Waals surface area contributed by atoms with Crippen molar-refractivity contribution in [3.8, 4) is 11.5 Å². The molecule has 0 radical (unpaired) electrons. The molecular weight excluding hydrogens is 366 g/mol. The molecule has 1 aliphatic rings. The first-order valence-electron chi connectivity index (χ1n) is 7.50. The Morgan fingerprint density at radius 2 is 2.00 bits per heavy atom. The summed E-state index contributed by atoms with van der Waals surface area (Å²) < 4.78 is 11.5. The van der Waals surface area contributed by atoms with E-state index in [1.807, 2.05) is 6.92 Å². The van der Waals surface area contributed by atoms with Crippen LogP contribution in [0.2, 0.25) is 0 Å². The Kier molecular flexibility index (Phi) is 5.87. The number of aliphatic carboxylic acids is 1. The zero-order valence-electron chi connectivity index (χ0n) is 13.2. The minimum Gasteiger partial charge on any atom is -0.493 e. The molecule has 0 spiro atoms. The average molecular weight is 386 g/mol. The van der Waals surface area contributed by atoms with Crippen LogP contribution >= 0.6 is 15.9 Å². The van der Waals surface area contributed by atoms with Crippen LogP contribution in [-0.4, -0.2) is 48.7 Å². The van der Waals surface area contributed by atoms with E-state index in [2.05, 4.69) is 15.9 Å². The fourth-order valence-corrected chi connectivity index (χ4v) is 3.20.